The van der Waals surface area contributed by atoms with Crippen LogP contribution >= 0.6 is 0 Å². The topological polar surface area (TPSA) is 79.4 Å². The predicted molar refractivity (Wildman–Crippen MR) is 115 cm³/mol. The van der Waals surface area contributed by atoms with Crippen LogP contribution in [-0.2, 0) is 22.7 Å². The molecule has 1 aliphatic heterocycles. The number of nitrogens with zero attached hydrogens (tertiary/aromatic N) is 2. The average molecular weight is 420 g/mol. The summed E-state index contributed by atoms with van der Waals surface area (Å²) in [4.78, 5) is 19.5. The van der Waals surface area contributed by atoms with Gasteiger partial charge in [0, 0.05) is 25.3 Å². The van der Waals surface area contributed by atoms with Gasteiger partial charge in [0.05, 0.1) is 17.1 Å². The van der Waals surface area contributed by atoms with Crippen molar-refractivity contribution < 1.29 is 13.2 Å². The summed E-state index contributed by atoms with van der Waals surface area (Å²) in [7, 11) is -3.00. The zero-order valence-electron chi connectivity index (χ0n) is 17.3. The Morgan fingerprint density at radius 2 is 1.55 bits per heavy atom. The van der Waals surface area contributed by atoms with Gasteiger partial charge in [-0.1, -0.05) is 32.1 Å². The highest BCUT2D eigenvalue weighted by molar-refractivity contribution is 7.91. The number of anilines is 1. The maximum Gasteiger partial charge on any atom is 0.255 e. The largest absolute Gasteiger partial charge is 0.367 e. The summed E-state index contributed by atoms with van der Waals surface area (Å²) in [5.74, 6) is 1.05. The summed E-state index contributed by atoms with van der Waals surface area (Å²) in [6, 6.07) is 0.475. The number of carbonyl (C=O) groups is 1. The monoisotopic (exact) mass is 419 g/mol. The molecular formula is C22H33N3O3S. The summed E-state index contributed by atoms with van der Waals surface area (Å²) in [6.45, 7) is 0.579. The first-order valence-corrected chi connectivity index (χ1v) is 13.1. The van der Waals surface area contributed by atoms with Gasteiger partial charge in [0.1, 0.15) is 5.82 Å². The number of rotatable bonds is 3. The van der Waals surface area contributed by atoms with Crippen molar-refractivity contribution in [3.8, 4) is 0 Å². The molecule has 0 bridgehead atoms. The summed E-state index contributed by atoms with van der Waals surface area (Å²) in [5, 5.41) is 3.72. The third-order valence-corrected chi connectivity index (χ3v) is 8.32. The number of pyridine rings is 1. The zero-order valence-corrected chi connectivity index (χ0v) is 18.1. The van der Waals surface area contributed by atoms with Crippen LogP contribution in [0, 0.1) is 0 Å². The second-order valence-electron chi connectivity index (χ2n) is 8.82. The molecule has 0 unspecified atom stereocenters. The minimum atomic E-state index is -3.00. The van der Waals surface area contributed by atoms with Crippen LogP contribution in [0.3, 0.4) is 0 Å². The fourth-order valence-corrected chi connectivity index (χ4v) is 6.14. The zero-order chi connectivity index (χ0) is 20.3. The summed E-state index contributed by atoms with van der Waals surface area (Å²) < 4.78 is 23.4. The van der Waals surface area contributed by atoms with E-state index >= 15 is 0 Å². The molecule has 0 aromatic carbocycles. The van der Waals surface area contributed by atoms with Crippen molar-refractivity contribution in [2.45, 2.75) is 76.7 Å². The molecular weight excluding hydrogens is 386 g/mol. The summed E-state index contributed by atoms with van der Waals surface area (Å²) in [6.07, 6.45) is 14.8. The number of aromatic nitrogens is 1. The molecule has 2 fully saturated rings. The van der Waals surface area contributed by atoms with E-state index in [0.29, 0.717) is 11.6 Å². The highest BCUT2D eigenvalue weighted by Crippen LogP contribution is 2.31. The number of amides is 1. The first-order chi connectivity index (χ1) is 14.0. The highest BCUT2D eigenvalue weighted by atomic mass is 32.2. The van der Waals surface area contributed by atoms with Gasteiger partial charge in [-0.3, -0.25) is 4.79 Å². The van der Waals surface area contributed by atoms with Crippen molar-refractivity contribution in [1.82, 2.24) is 9.88 Å². The van der Waals surface area contributed by atoms with Crippen molar-refractivity contribution in [1.29, 1.82) is 0 Å². The minimum absolute atomic E-state index is 0.0527. The van der Waals surface area contributed by atoms with Crippen molar-refractivity contribution in [3.63, 3.8) is 0 Å². The SMILES string of the molecule is O=C(c1cnc(NC2CCCCCCC2)c2c1CCCC2)N1CCS(=O)(=O)CC1. The molecule has 160 valence electrons. The molecule has 1 aromatic rings. The van der Waals surface area contributed by atoms with Crippen LogP contribution in [0.1, 0.15) is 79.3 Å². The lowest BCUT2D eigenvalue weighted by molar-refractivity contribution is 0.0768. The normalized spacial score (nSPS) is 23.0. The lowest BCUT2D eigenvalue weighted by Gasteiger charge is -2.30. The summed E-state index contributed by atoms with van der Waals surface area (Å²) in [5.41, 5.74) is 3.04. The number of nitrogens with one attached hydrogen (secondary N) is 1. The van der Waals surface area contributed by atoms with E-state index in [1.807, 2.05) is 0 Å². The van der Waals surface area contributed by atoms with E-state index in [4.69, 9.17) is 4.98 Å². The molecule has 7 heteroatoms. The molecule has 0 radical (unpaired) electrons. The summed E-state index contributed by atoms with van der Waals surface area (Å²) >= 11 is 0. The van der Waals surface area contributed by atoms with Crippen LogP contribution in [0.25, 0.3) is 0 Å². The Morgan fingerprint density at radius 3 is 2.24 bits per heavy atom. The maximum atomic E-state index is 13.1. The van der Waals surface area contributed by atoms with Gasteiger partial charge in [0.2, 0.25) is 0 Å². The Hall–Kier alpha value is -1.63. The highest BCUT2D eigenvalue weighted by Gasteiger charge is 2.29. The lowest BCUT2D eigenvalue weighted by atomic mass is 9.88. The first kappa shape index (κ1) is 20.6. The van der Waals surface area contributed by atoms with Crippen LogP contribution in [0.2, 0.25) is 0 Å². The van der Waals surface area contributed by atoms with Gasteiger partial charge >= 0.3 is 0 Å². The van der Waals surface area contributed by atoms with Gasteiger partial charge in [-0.2, -0.15) is 0 Å². The standard InChI is InChI=1S/C22H33N3O3S/c26-22(25-12-14-29(27,28)15-13-25)20-16-23-21(19-11-7-6-10-18(19)20)24-17-8-4-2-1-3-5-9-17/h16-17H,1-15H2,(H,23,24). The molecule has 1 amide bonds. The van der Waals surface area contributed by atoms with Crippen LogP contribution in [0.15, 0.2) is 6.20 Å². The molecule has 1 aromatic heterocycles. The lowest BCUT2D eigenvalue weighted by Crippen LogP contribution is -2.44. The van der Waals surface area contributed by atoms with E-state index in [1.54, 1.807) is 11.1 Å². The number of carbonyl (C=O) groups excluding carboxylic acids is 1. The molecule has 1 saturated carbocycles. The van der Waals surface area contributed by atoms with Crippen LogP contribution in [0.4, 0.5) is 5.82 Å². The fraction of sp³-hybridized carbons (Fsp3) is 0.727. The minimum Gasteiger partial charge on any atom is -0.367 e. The van der Waals surface area contributed by atoms with E-state index in [9.17, 15) is 13.2 Å². The molecule has 2 aliphatic carbocycles. The molecule has 4 rings (SSSR count). The first-order valence-electron chi connectivity index (χ1n) is 11.3. The molecule has 3 aliphatic rings. The second kappa shape index (κ2) is 9.02. The van der Waals surface area contributed by atoms with Crippen molar-refractivity contribution in [2.75, 3.05) is 29.9 Å². The van der Waals surface area contributed by atoms with E-state index in [-0.39, 0.29) is 30.5 Å². The molecule has 0 spiro atoms. The number of hydrogen-bond acceptors (Lipinski definition) is 5. The van der Waals surface area contributed by atoms with Crippen LogP contribution in [-0.4, -0.2) is 54.8 Å². The van der Waals surface area contributed by atoms with Crippen LogP contribution in [0.5, 0.6) is 0 Å². The second-order valence-corrected chi connectivity index (χ2v) is 11.1. The van der Waals surface area contributed by atoms with E-state index in [1.165, 1.54) is 50.5 Å². The van der Waals surface area contributed by atoms with Crippen molar-refractivity contribution in [3.05, 3.63) is 22.9 Å². The number of hydrogen-bond donors (Lipinski definition) is 1. The Labute approximate surface area is 174 Å². The quantitative estimate of drug-likeness (QED) is 0.813. The van der Waals surface area contributed by atoms with E-state index < -0.39 is 9.84 Å². The Balaban J connectivity index is 1.54. The smallest absolute Gasteiger partial charge is 0.255 e. The van der Waals surface area contributed by atoms with E-state index in [0.717, 1.165) is 37.1 Å². The van der Waals surface area contributed by atoms with Gasteiger partial charge in [0.15, 0.2) is 9.84 Å². The fourth-order valence-electron chi connectivity index (χ4n) is 4.94. The third kappa shape index (κ3) is 4.93. The van der Waals surface area contributed by atoms with Gasteiger partial charge in [-0.25, -0.2) is 13.4 Å². The molecule has 1 saturated heterocycles. The number of sulfone groups is 1. The molecule has 0 atom stereocenters. The third-order valence-electron chi connectivity index (χ3n) is 6.71. The predicted octanol–water partition coefficient (Wildman–Crippen LogP) is 3.36. The van der Waals surface area contributed by atoms with Crippen molar-refractivity contribution >= 4 is 21.6 Å². The van der Waals surface area contributed by atoms with Crippen LogP contribution < -0.4 is 5.32 Å². The van der Waals surface area contributed by atoms with Gasteiger partial charge < -0.3 is 10.2 Å². The Kier molecular flexibility index (Phi) is 6.42. The maximum absolute atomic E-state index is 13.1. The van der Waals surface area contributed by atoms with Gasteiger partial charge in [-0.15, -0.1) is 0 Å². The average Bonchev–Trinajstić information content (AvgIpc) is 2.69. The molecule has 6 nitrogen and oxygen atoms in total. The van der Waals surface area contributed by atoms with Gasteiger partial charge in [0.25, 0.3) is 5.91 Å². The van der Waals surface area contributed by atoms with Gasteiger partial charge in [-0.05, 0) is 49.7 Å². The molecule has 29 heavy (non-hydrogen) atoms. The van der Waals surface area contributed by atoms with Crippen molar-refractivity contribution in [2.24, 2.45) is 0 Å². The number of fused-ring (bicyclic) bond motifs is 1. The Morgan fingerprint density at radius 1 is 0.931 bits per heavy atom. The van der Waals surface area contributed by atoms with E-state index in [2.05, 4.69) is 5.32 Å². The Bertz CT molecular complexity index is 831. The molecule has 1 N–H and O–H groups in total. The molecule has 2 heterocycles.